The van der Waals surface area contributed by atoms with Crippen molar-refractivity contribution in [2.45, 2.75) is 37.9 Å². The van der Waals surface area contributed by atoms with E-state index in [0.29, 0.717) is 5.92 Å². The first kappa shape index (κ1) is 7.56. The topological polar surface area (TPSA) is 29.5 Å². The Morgan fingerprint density at radius 1 is 1.45 bits per heavy atom. The molecule has 4 atom stereocenters. The standard InChI is InChI=1S/C9H16O2/c1-6-3-4-8(10)9(11-2)5-7(6)9/h6-8,10H,3-5H2,1-2H3/t6-,7+,8-,9-/m0/s1. The van der Waals surface area contributed by atoms with Crippen molar-refractivity contribution in [3.63, 3.8) is 0 Å². The first-order chi connectivity index (χ1) is 5.20. The number of rotatable bonds is 1. The second-order valence-electron chi connectivity index (χ2n) is 4.04. The smallest absolute Gasteiger partial charge is 0.0971 e. The van der Waals surface area contributed by atoms with E-state index in [-0.39, 0.29) is 11.7 Å². The number of aliphatic hydroxyl groups is 1. The molecule has 11 heavy (non-hydrogen) atoms. The first-order valence-corrected chi connectivity index (χ1v) is 4.44. The summed E-state index contributed by atoms with van der Waals surface area (Å²) >= 11 is 0. The lowest BCUT2D eigenvalue weighted by Crippen LogP contribution is -2.37. The molecule has 2 aliphatic carbocycles. The average molecular weight is 156 g/mol. The predicted octanol–water partition coefficient (Wildman–Crippen LogP) is 1.18. The van der Waals surface area contributed by atoms with Crippen LogP contribution in [0, 0.1) is 11.8 Å². The molecule has 64 valence electrons. The molecule has 0 spiro atoms. The monoisotopic (exact) mass is 156 g/mol. The van der Waals surface area contributed by atoms with Gasteiger partial charge in [-0.2, -0.15) is 0 Å². The summed E-state index contributed by atoms with van der Waals surface area (Å²) in [5.41, 5.74) is -0.127. The minimum Gasteiger partial charge on any atom is -0.390 e. The molecule has 2 heteroatoms. The van der Waals surface area contributed by atoms with E-state index in [2.05, 4.69) is 6.92 Å². The summed E-state index contributed by atoms with van der Waals surface area (Å²) in [5, 5.41) is 9.66. The van der Waals surface area contributed by atoms with Crippen molar-refractivity contribution in [1.82, 2.24) is 0 Å². The molecule has 0 saturated heterocycles. The molecule has 0 aromatic rings. The van der Waals surface area contributed by atoms with Crippen LogP contribution in [-0.2, 0) is 4.74 Å². The van der Waals surface area contributed by atoms with E-state index >= 15 is 0 Å². The lowest BCUT2D eigenvalue weighted by atomic mass is 9.87. The van der Waals surface area contributed by atoms with Crippen LogP contribution < -0.4 is 0 Å². The van der Waals surface area contributed by atoms with Crippen LogP contribution in [0.4, 0.5) is 0 Å². The normalized spacial score (nSPS) is 55.4. The van der Waals surface area contributed by atoms with Crippen molar-refractivity contribution >= 4 is 0 Å². The lowest BCUT2D eigenvalue weighted by Gasteiger charge is -2.30. The Morgan fingerprint density at radius 3 is 2.73 bits per heavy atom. The van der Waals surface area contributed by atoms with Gasteiger partial charge in [0.25, 0.3) is 0 Å². The molecule has 0 radical (unpaired) electrons. The van der Waals surface area contributed by atoms with Gasteiger partial charge in [-0.05, 0) is 31.1 Å². The molecular formula is C9H16O2. The van der Waals surface area contributed by atoms with Crippen molar-refractivity contribution in [3.8, 4) is 0 Å². The van der Waals surface area contributed by atoms with Gasteiger partial charge in [0.2, 0.25) is 0 Å². The van der Waals surface area contributed by atoms with Crippen LogP contribution in [0.25, 0.3) is 0 Å². The Bertz CT molecular complexity index is 169. The van der Waals surface area contributed by atoms with Crippen LogP contribution in [0.5, 0.6) is 0 Å². The van der Waals surface area contributed by atoms with Gasteiger partial charge in [-0.3, -0.25) is 0 Å². The fourth-order valence-corrected chi connectivity index (χ4v) is 2.59. The highest BCUT2D eigenvalue weighted by Crippen LogP contribution is 2.58. The predicted molar refractivity (Wildman–Crippen MR) is 42.3 cm³/mol. The number of methoxy groups -OCH3 is 1. The van der Waals surface area contributed by atoms with E-state index in [1.165, 1.54) is 0 Å². The van der Waals surface area contributed by atoms with E-state index in [0.717, 1.165) is 25.2 Å². The Morgan fingerprint density at radius 2 is 2.18 bits per heavy atom. The van der Waals surface area contributed by atoms with Gasteiger partial charge in [-0.15, -0.1) is 0 Å². The second kappa shape index (κ2) is 2.20. The molecule has 2 rings (SSSR count). The third-order valence-electron chi connectivity index (χ3n) is 3.53. The summed E-state index contributed by atoms with van der Waals surface area (Å²) in [7, 11) is 1.72. The Hall–Kier alpha value is -0.0800. The summed E-state index contributed by atoms with van der Waals surface area (Å²) in [6.45, 7) is 2.26. The Labute approximate surface area is 67.6 Å². The van der Waals surface area contributed by atoms with Crippen molar-refractivity contribution in [2.75, 3.05) is 7.11 Å². The van der Waals surface area contributed by atoms with Crippen molar-refractivity contribution in [1.29, 1.82) is 0 Å². The molecular weight excluding hydrogens is 140 g/mol. The highest BCUT2D eigenvalue weighted by molar-refractivity contribution is 5.13. The summed E-state index contributed by atoms with van der Waals surface area (Å²) < 4.78 is 5.39. The number of hydrogen-bond acceptors (Lipinski definition) is 2. The van der Waals surface area contributed by atoms with E-state index in [1.54, 1.807) is 7.11 Å². The molecule has 0 heterocycles. The second-order valence-corrected chi connectivity index (χ2v) is 4.04. The van der Waals surface area contributed by atoms with E-state index in [4.69, 9.17) is 4.74 Å². The Kier molecular flexibility index (Phi) is 1.52. The number of hydrogen-bond donors (Lipinski definition) is 1. The van der Waals surface area contributed by atoms with Crippen LogP contribution >= 0.6 is 0 Å². The molecule has 0 bridgehead atoms. The first-order valence-electron chi connectivity index (χ1n) is 4.44. The van der Waals surface area contributed by atoms with E-state index in [1.807, 2.05) is 0 Å². The van der Waals surface area contributed by atoms with E-state index < -0.39 is 0 Å². The van der Waals surface area contributed by atoms with E-state index in [9.17, 15) is 5.11 Å². The quantitative estimate of drug-likeness (QED) is 0.617. The fourth-order valence-electron chi connectivity index (χ4n) is 2.59. The van der Waals surface area contributed by atoms with Crippen LogP contribution in [0.3, 0.4) is 0 Å². The van der Waals surface area contributed by atoms with Gasteiger partial charge in [0.15, 0.2) is 0 Å². The molecule has 0 unspecified atom stereocenters. The minimum absolute atomic E-state index is 0.127. The maximum atomic E-state index is 9.66. The maximum Gasteiger partial charge on any atom is 0.0971 e. The number of ether oxygens (including phenoxy) is 1. The molecule has 0 aromatic heterocycles. The zero-order chi connectivity index (χ0) is 8.06. The summed E-state index contributed by atoms with van der Waals surface area (Å²) in [4.78, 5) is 0. The minimum atomic E-state index is -0.200. The summed E-state index contributed by atoms with van der Waals surface area (Å²) in [6.07, 6.45) is 2.96. The molecule has 2 aliphatic rings. The number of aliphatic hydroxyl groups excluding tert-OH is 1. The maximum absolute atomic E-state index is 9.66. The lowest BCUT2D eigenvalue weighted by molar-refractivity contribution is -0.0677. The molecule has 2 fully saturated rings. The zero-order valence-corrected chi connectivity index (χ0v) is 7.21. The molecule has 0 amide bonds. The average Bonchev–Trinajstić information content (AvgIpc) is 2.74. The third kappa shape index (κ3) is 0.859. The molecule has 0 aromatic carbocycles. The van der Waals surface area contributed by atoms with Crippen LogP contribution in [0.2, 0.25) is 0 Å². The highest BCUT2D eigenvalue weighted by atomic mass is 16.5. The summed E-state index contributed by atoms with van der Waals surface area (Å²) in [5.74, 6) is 1.38. The zero-order valence-electron chi connectivity index (χ0n) is 7.21. The van der Waals surface area contributed by atoms with Gasteiger partial charge in [-0.25, -0.2) is 0 Å². The molecule has 0 aliphatic heterocycles. The largest absolute Gasteiger partial charge is 0.390 e. The fraction of sp³-hybridized carbons (Fsp3) is 1.00. The van der Waals surface area contributed by atoms with Crippen LogP contribution in [0.15, 0.2) is 0 Å². The molecule has 1 N–H and O–H groups in total. The van der Waals surface area contributed by atoms with Crippen molar-refractivity contribution < 1.29 is 9.84 Å². The van der Waals surface area contributed by atoms with Gasteiger partial charge in [0.1, 0.15) is 0 Å². The highest BCUT2D eigenvalue weighted by Gasteiger charge is 2.63. The van der Waals surface area contributed by atoms with Crippen LogP contribution in [-0.4, -0.2) is 23.9 Å². The molecule has 2 saturated carbocycles. The van der Waals surface area contributed by atoms with Crippen molar-refractivity contribution in [3.05, 3.63) is 0 Å². The van der Waals surface area contributed by atoms with Gasteiger partial charge >= 0.3 is 0 Å². The number of fused-ring (bicyclic) bond motifs is 1. The molecule has 2 nitrogen and oxygen atoms in total. The summed E-state index contributed by atoms with van der Waals surface area (Å²) in [6, 6.07) is 0. The van der Waals surface area contributed by atoms with Gasteiger partial charge in [-0.1, -0.05) is 6.92 Å². The van der Waals surface area contributed by atoms with Crippen molar-refractivity contribution in [2.24, 2.45) is 11.8 Å². The third-order valence-corrected chi connectivity index (χ3v) is 3.53. The van der Waals surface area contributed by atoms with Crippen LogP contribution in [0.1, 0.15) is 26.2 Å². The van der Waals surface area contributed by atoms with Gasteiger partial charge < -0.3 is 9.84 Å². The Balaban J connectivity index is 2.12. The van der Waals surface area contributed by atoms with Gasteiger partial charge in [0, 0.05) is 7.11 Å². The SMILES string of the molecule is CO[C@@]12C[C@@H]1[C@@H](C)CC[C@@H]2O. The van der Waals surface area contributed by atoms with Gasteiger partial charge in [0.05, 0.1) is 11.7 Å².